The molecule has 0 spiro atoms. The third-order valence-electron chi connectivity index (χ3n) is 3.59. The Labute approximate surface area is 107 Å². The van der Waals surface area contributed by atoms with Crippen LogP contribution in [-0.2, 0) is 0 Å². The number of rotatable bonds is 5. The Bertz CT molecular complexity index is 356. The van der Waals surface area contributed by atoms with Crippen molar-refractivity contribution in [1.82, 2.24) is 5.32 Å². The highest BCUT2D eigenvalue weighted by molar-refractivity contribution is 6.31. The summed E-state index contributed by atoms with van der Waals surface area (Å²) < 4.78 is 13.9. The van der Waals surface area contributed by atoms with Gasteiger partial charge in [0, 0.05) is 16.6 Å². The van der Waals surface area contributed by atoms with E-state index < -0.39 is 0 Å². The summed E-state index contributed by atoms with van der Waals surface area (Å²) in [7, 11) is 0. The molecule has 1 aliphatic carbocycles. The molecule has 1 unspecified atom stereocenters. The van der Waals surface area contributed by atoms with E-state index in [1.54, 1.807) is 12.1 Å². The fourth-order valence-electron chi connectivity index (χ4n) is 2.46. The zero-order valence-corrected chi connectivity index (χ0v) is 10.9. The normalized spacial score (nSPS) is 17.8. The minimum absolute atomic E-state index is 0.0546. The molecule has 1 nitrogen and oxygen atoms in total. The molecule has 17 heavy (non-hydrogen) atoms. The van der Waals surface area contributed by atoms with E-state index in [4.69, 9.17) is 11.6 Å². The first-order valence-corrected chi connectivity index (χ1v) is 6.77. The highest BCUT2D eigenvalue weighted by Gasteiger charge is 2.25. The monoisotopic (exact) mass is 255 g/mol. The van der Waals surface area contributed by atoms with Gasteiger partial charge in [-0.05, 0) is 31.0 Å². The van der Waals surface area contributed by atoms with E-state index in [-0.39, 0.29) is 11.9 Å². The molecule has 2 rings (SSSR count). The van der Waals surface area contributed by atoms with Crippen molar-refractivity contribution < 1.29 is 4.39 Å². The maximum Gasteiger partial charge on any atom is 0.129 e. The molecule has 0 radical (unpaired) electrons. The van der Waals surface area contributed by atoms with Crippen molar-refractivity contribution in [3.63, 3.8) is 0 Å². The molecule has 94 valence electrons. The SMILES string of the molecule is CCNC(CC1CCC1)c1c(F)cccc1Cl. The zero-order valence-electron chi connectivity index (χ0n) is 10.2. The Hall–Kier alpha value is -0.600. The van der Waals surface area contributed by atoms with Crippen LogP contribution in [0.3, 0.4) is 0 Å². The number of benzene rings is 1. The van der Waals surface area contributed by atoms with E-state index in [9.17, 15) is 4.39 Å². The molecule has 1 aromatic rings. The summed E-state index contributed by atoms with van der Waals surface area (Å²) in [4.78, 5) is 0. The maximum atomic E-state index is 13.9. The van der Waals surface area contributed by atoms with E-state index in [1.165, 1.54) is 25.3 Å². The lowest BCUT2D eigenvalue weighted by Crippen LogP contribution is -2.26. The van der Waals surface area contributed by atoms with Gasteiger partial charge in [0.05, 0.1) is 0 Å². The summed E-state index contributed by atoms with van der Waals surface area (Å²) in [6.45, 7) is 2.88. The highest BCUT2D eigenvalue weighted by Crippen LogP contribution is 2.37. The molecule has 0 amide bonds. The van der Waals surface area contributed by atoms with Crippen molar-refractivity contribution in [1.29, 1.82) is 0 Å². The van der Waals surface area contributed by atoms with Crippen LogP contribution < -0.4 is 5.32 Å². The molecule has 0 saturated heterocycles. The highest BCUT2D eigenvalue weighted by atomic mass is 35.5. The van der Waals surface area contributed by atoms with Gasteiger partial charge in [-0.1, -0.05) is 43.9 Å². The molecule has 1 saturated carbocycles. The van der Waals surface area contributed by atoms with E-state index in [0.29, 0.717) is 10.6 Å². The first-order valence-electron chi connectivity index (χ1n) is 6.39. The molecule has 1 N–H and O–H groups in total. The van der Waals surface area contributed by atoms with Gasteiger partial charge in [0.1, 0.15) is 5.82 Å². The van der Waals surface area contributed by atoms with E-state index >= 15 is 0 Å². The topological polar surface area (TPSA) is 12.0 Å². The van der Waals surface area contributed by atoms with Crippen LogP contribution >= 0.6 is 11.6 Å². The van der Waals surface area contributed by atoms with Crippen molar-refractivity contribution in [2.24, 2.45) is 5.92 Å². The molecule has 1 fully saturated rings. The summed E-state index contributed by atoms with van der Waals surface area (Å²) in [6, 6.07) is 4.98. The van der Waals surface area contributed by atoms with Crippen LogP contribution in [0.15, 0.2) is 18.2 Å². The Morgan fingerprint density at radius 2 is 2.24 bits per heavy atom. The molecular weight excluding hydrogens is 237 g/mol. The van der Waals surface area contributed by atoms with E-state index in [0.717, 1.165) is 18.9 Å². The van der Waals surface area contributed by atoms with Crippen molar-refractivity contribution in [3.8, 4) is 0 Å². The second-order valence-corrected chi connectivity index (χ2v) is 5.19. The molecule has 1 atom stereocenters. The van der Waals surface area contributed by atoms with E-state index in [2.05, 4.69) is 5.32 Å². The minimum atomic E-state index is -0.192. The summed E-state index contributed by atoms with van der Waals surface area (Å²) in [5, 5.41) is 3.89. The third kappa shape index (κ3) is 2.99. The summed E-state index contributed by atoms with van der Waals surface area (Å²) in [6.07, 6.45) is 4.85. The lowest BCUT2D eigenvalue weighted by molar-refractivity contribution is 0.260. The Balaban J connectivity index is 2.18. The second-order valence-electron chi connectivity index (χ2n) is 4.78. The third-order valence-corrected chi connectivity index (χ3v) is 3.92. The molecule has 0 aromatic heterocycles. The number of nitrogens with one attached hydrogen (secondary N) is 1. The van der Waals surface area contributed by atoms with Crippen molar-refractivity contribution in [3.05, 3.63) is 34.6 Å². The van der Waals surface area contributed by atoms with E-state index in [1.807, 2.05) is 6.92 Å². The molecule has 1 aliphatic rings. The van der Waals surface area contributed by atoms with Gasteiger partial charge in [-0.3, -0.25) is 0 Å². The van der Waals surface area contributed by atoms with Gasteiger partial charge in [-0.25, -0.2) is 4.39 Å². The first-order chi connectivity index (χ1) is 8.22. The molecule has 1 aromatic carbocycles. The Kier molecular flexibility index (Phi) is 4.41. The van der Waals surface area contributed by atoms with Gasteiger partial charge >= 0.3 is 0 Å². The van der Waals surface area contributed by atoms with Gasteiger partial charge in [0.2, 0.25) is 0 Å². The van der Waals surface area contributed by atoms with Crippen LogP contribution in [-0.4, -0.2) is 6.54 Å². The summed E-state index contributed by atoms with van der Waals surface area (Å²) >= 11 is 6.12. The Morgan fingerprint density at radius 3 is 2.76 bits per heavy atom. The van der Waals surface area contributed by atoms with Crippen LogP contribution in [0.5, 0.6) is 0 Å². The standard InChI is InChI=1S/C14H19ClFN/c1-2-17-13(9-10-5-3-6-10)14-11(15)7-4-8-12(14)16/h4,7-8,10,13,17H,2-3,5-6,9H2,1H3. The minimum Gasteiger partial charge on any atom is -0.310 e. The van der Waals surface area contributed by atoms with Crippen LogP contribution in [0.1, 0.15) is 44.2 Å². The van der Waals surface area contributed by atoms with Crippen LogP contribution in [0, 0.1) is 11.7 Å². The lowest BCUT2D eigenvalue weighted by Gasteiger charge is -2.30. The fraction of sp³-hybridized carbons (Fsp3) is 0.571. The predicted octanol–water partition coefficient (Wildman–Crippen LogP) is 4.32. The average molecular weight is 256 g/mol. The second kappa shape index (κ2) is 5.83. The van der Waals surface area contributed by atoms with Gasteiger partial charge in [-0.15, -0.1) is 0 Å². The molecular formula is C14H19ClFN. The summed E-state index contributed by atoms with van der Waals surface area (Å²) in [5.41, 5.74) is 0.642. The fourth-order valence-corrected chi connectivity index (χ4v) is 2.75. The van der Waals surface area contributed by atoms with Crippen molar-refractivity contribution in [2.45, 2.75) is 38.6 Å². The average Bonchev–Trinajstić information content (AvgIpc) is 2.22. The Morgan fingerprint density at radius 1 is 1.47 bits per heavy atom. The van der Waals surface area contributed by atoms with Crippen LogP contribution in [0.2, 0.25) is 5.02 Å². The predicted molar refractivity (Wildman–Crippen MR) is 69.8 cm³/mol. The summed E-state index contributed by atoms with van der Waals surface area (Å²) in [5.74, 6) is 0.539. The molecule has 0 aliphatic heterocycles. The number of hydrogen-bond acceptors (Lipinski definition) is 1. The first kappa shape index (κ1) is 12.8. The maximum absolute atomic E-state index is 13.9. The number of halogens is 2. The molecule has 3 heteroatoms. The van der Waals surface area contributed by atoms with Gasteiger partial charge in [0.15, 0.2) is 0 Å². The van der Waals surface area contributed by atoms with Gasteiger partial charge in [0.25, 0.3) is 0 Å². The number of hydrogen-bond donors (Lipinski definition) is 1. The molecule has 0 heterocycles. The smallest absolute Gasteiger partial charge is 0.129 e. The van der Waals surface area contributed by atoms with Crippen LogP contribution in [0.4, 0.5) is 4.39 Å². The van der Waals surface area contributed by atoms with Crippen LogP contribution in [0.25, 0.3) is 0 Å². The lowest BCUT2D eigenvalue weighted by atomic mass is 9.79. The molecule has 0 bridgehead atoms. The quantitative estimate of drug-likeness (QED) is 0.826. The zero-order chi connectivity index (χ0) is 12.3. The van der Waals surface area contributed by atoms with Gasteiger partial charge < -0.3 is 5.32 Å². The van der Waals surface area contributed by atoms with Crippen molar-refractivity contribution >= 4 is 11.6 Å². The largest absolute Gasteiger partial charge is 0.310 e. The van der Waals surface area contributed by atoms with Crippen molar-refractivity contribution in [2.75, 3.05) is 6.54 Å². The van der Waals surface area contributed by atoms with Gasteiger partial charge in [-0.2, -0.15) is 0 Å².